The Morgan fingerprint density at radius 2 is 1.64 bits per heavy atom. The first-order valence-electron chi connectivity index (χ1n) is 12.0. The van der Waals surface area contributed by atoms with Gasteiger partial charge in [-0.2, -0.15) is 17.6 Å². The predicted octanol–water partition coefficient (Wildman–Crippen LogP) is 8.83. The fourth-order valence-electron chi connectivity index (χ4n) is 5.88. The molecule has 180 valence electrons. The summed E-state index contributed by atoms with van der Waals surface area (Å²) < 4.78 is 69.8. The van der Waals surface area contributed by atoms with E-state index in [4.69, 9.17) is 0 Å². The Labute approximate surface area is 192 Å². The van der Waals surface area contributed by atoms with E-state index in [0.29, 0.717) is 17.0 Å². The van der Waals surface area contributed by atoms with Crippen LogP contribution in [0.5, 0.6) is 5.75 Å². The second-order valence-corrected chi connectivity index (χ2v) is 9.73. The minimum Gasteiger partial charge on any atom is -0.428 e. The number of ether oxygens (including phenoxy) is 1. The Morgan fingerprint density at radius 1 is 0.939 bits per heavy atom. The Kier molecular flexibility index (Phi) is 7.30. The third kappa shape index (κ3) is 5.52. The maximum absolute atomic E-state index is 15.0. The van der Waals surface area contributed by atoms with Gasteiger partial charge in [0.2, 0.25) is 0 Å². The highest BCUT2D eigenvalue weighted by Crippen LogP contribution is 2.48. The van der Waals surface area contributed by atoms with Gasteiger partial charge in [-0.1, -0.05) is 50.5 Å². The van der Waals surface area contributed by atoms with Crippen LogP contribution in [0.15, 0.2) is 42.5 Å². The molecule has 2 aliphatic carbocycles. The summed E-state index contributed by atoms with van der Waals surface area (Å²) in [6, 6.07) is 10.4. The van der Waals surface area contributed by atoms with Crippen LogP contribution in [0.3, 0.4) is 0 Å². The predicted molar refractivity (Wildman–Crippen MR) is 119 cm³/mol. The molecule has 4 rings (SSSR count). The van der Waals surface area contributed by atoms with E-state index >= 15 is 0 Å². The van der Waals surface area contributed by atoms with Gasteiger partial charge in [0.1, 0.15) is 11.6 Å². The average Bonchev–Trinajstić information content (AvgIpc) is 2.79. The summed E-state index contributed by atoms with van der Waals surface area (Å²) in [6.07, 6.45) is 1.46. The molecule has 2 fully saturated rings. The van der Waals surface area contributed by atoms with Crippen molar-refractivity contribution >= 4 is 0 Å². The van der Waals surface area contributed by atoms with Crippen LogP contribution in [0.4, 0.5) is 22.0 Å². The van der Waals surface area contributed by atoms with E-state index in [1.165, 1.54) is 50.7 Å². The van der Waals surface area contributed by atoms with E-state index in [2.05, 4.69) is 11.7 Å². The van der Waals surface area contributed by atoms with Gasteiger partial charge in [0.15, 0.2) is 0 Å². The van der Waals surface area contributed by atoms with Gasteiger partial charge in [0.05, 0.1) is 0 Å². The van der Waals surface area contributed by atoms with Crippen molar-refractivity contribution < 1.29 is 26.7 Å². The first-order chi connectivity index (χ1) is 15.8. The fraction of sp³-hybridized carbons (Fsp3) is 0.556. The highest BCUT2D eigenvalue weighted by molar-refractivity contribution is 5.65. The van der Waals surface area contributed by atoms with Crippen molar-refractivity contribution in [3.8, 4) is 16.9 Å². The minimum absolute atomic E-state index is 0.347. The van der Waals surface area contributed by atoms with Crippen LogP contribution in [-0.2, 0) is 0 Å². The number of hydrogen-bond donors (Lipinski definition) is 0. The van der Waals surface area contributed by atoms with Crippen molar-refractivity contribution in [3.05, 3.63) is 53.8 Å². The number of fused-ring (bicyclic) bond motifs is 1. The molecule has 0 aliphatic heterocycles. The lowest BCUT2D eigenvalue weighted by Crippen LogP contribution is -2.33. The number of alkyl halides is 4. The van der Waals surface area contributed by atoms with E-state index in [1.54, 1.807) is 12.1 Å². The van der Waals surface area contributed by atoms with Crippen molar-refractivity contribution in [2.45, 2.75) is 76.7 Å². The molecule has 0 amide bonds. The highest BCUT2D eigenvalue weighted by atomic mass is 19.3. The van der Waals surface area contributed by atoms with Crippen LogP contribution in [-0.4, -0.2) is 12.5 Å². The normalized spacial score (nSPS) is 25.7. The second kappa shape index (κ2) is 10.0. The zero-order valence-electron chi connectivity index (χ0n) is 18.9. The SMILES string of the molecule is CCCC1CCC2CC(c3ccc(-c4ccc(OC(F)(F)C(F)F)cc4)c(F)c3)CCC2C1. The molecule has 2 aliphatic rings. The van der Waals surface area contributed by atoms with E-state index in [9.17, 15) is 22.0 Å². The Bertz CT molecular complexity index is 927. The van der Waals surface area contributed by atoms with Gasteiger partial charge in [-0.3, -0.25) is 0 Å². The van der Waals surface area contributed by atoms with Crippen molar-refractivity contribution in [1.82, 2.24) is 0 Å². The third-order valence-corrected chi connectivity index (χ3v) is 7.56. The largest absolute Gasteiger partial charge is 0.461 e. The molecule has 2 saturated carbocycles. The summed E-state index contributed by atoms with van der Waals surface area (Å²) >= 11 is 0. The molecule has 0 heterocycles. The lowest BCUT2D eigenvalue weighted by molar-refractivity contribution is -0.253. The zero-order chi connectivity index (χ0) is 23.6. The lowest BCUT2D eigenvalue weighted by Gasteiger charge is -2.42. The van der Waals surface area contributed by atoms with Crippen LogP contribution in [0.1, 0.15) is 69.8 Å². The van der Waals surface area contributed by atoms with Gasteiger partial charge in [0, 0.05) is 5.56 Å². The second-order valence-electron chi connectivity index (χ2n) is 9.73. The molecular weight excluding hydrogens is 435 g/mol. The minimum atomic E-state index is -4.57. The van der Waals surface area contributed by atoms with Gasteiger partial charge in [-0.25, -0.2) is 4.39 Å². The van der Waals surface area contributed by atoms with Crippen molar-refractivity contribution in [1.29, 1.82) is 0 Å². The summed E-state index contributed by atoms with van der Waals surface area (Å²) in [5.74, 6) is 2.03. The molecule has 4 unspecified atom stereocenters. The highest BCUT2D eigenvalue weighted by Gasteiger charge is 2.44. The molecule has 0 radical (unpaired) electrons. The van der Waals surface area contributed by atoms with E-state index in [-0.39, 0.29) is 5.82 Å². The Hall–Kier alpha value is -2.11. The first kappa shape index (κ1) is 24.0. The maximum atomic E-state index is 15.0. The van der Waals surface area contributed by atoms with Gasteiger partial charge in [-0.15, -0.1) is 0 Å². The first-order valence-corrected chi connectivity index (χ1v) is 12.0. The topological polar surface area (TPSA) is 9.23 Å². The average molecular weight is 467 g/mol. The third-order valence-electron chi connectivity index (χ3n) is 7.56. The van der Waals surface area contributed by atoms with Crippen LogP contribution < -0.4 is 4.74 Å². The van der Waals surface area contributed by atoms with Crippen molar-refractivity contribution in [3.63, 3.8) is 0 Å². The van der Waals surface area contributed by atoms with Crippen LogP contribution in [0, 0.1) is 23.6 Å². The van der Waals surface area contributed by atoms with Gasteiger partial charge in [-0.05, 0) is 85.1 Å². The van der Waals surface area contributed by atoms with E-state index < -0.39 is 18.3 Å². The molecular formula is C27H31F5O. The van der Waals surface area contributed by atoms with Crippen LogP contribution in [0.2, 0.25) is 0 Å². The summed E-state index contributed by atoms with van der Waals surface area (Å²) in [5.41, 5.74) is 1.84. The van der Waals surface area contributed by atoms with E-state index in [0.717, 1.165) is 48.3 Å². The molecule has 0 spiro atoms. The molecule has 0 bridgehead atoms. The molecule has 33 heavy (non-hydrogen) atoms. The number of benzene rings is 2. The monoisotopic (exact) mass is 466 g/mol. The smallest absolute Gasteiger partial charge is 0.428 e. The fourth-order valence-corrected chi connectivity index (χ4v) is 5.88. The van der Waals surface area contributed by atoms with Gasteiger partial charge in [0.25, 0.3) is 0 Å². The quantitative estimate of drug-likeness (QED) is 0.370. The molecule has 6 heteroatoms. The number of halogens is 5. The number of rotatable bonds is 7. The molecule has 4 atom stereocenters. The molecule has 0 aromatic heterocycles. The summed E-state index contributed by atoms with van der Waals surface area (Å²) in [4.78, 5) is 0. The summed E-state index contributed by atoms with van der Waals surface area (Å²) in [5, 5.41) is 0. The van der Waals surface area contributed by atoms with Crippen LogP contribution in [0.25, 0.3) is 11.1 Å². The molecule has 2 aromatic rings. The van der Waals surface area contributed by atoms with Crippen molar-refractivity contribution in [2.75, 3.05) is 0 Å². The number of hydrogen-bond acceptors (Lipinski definition) is 1. The lowest BCUT2D eigenvalue weighted by atomic mass is 9.63. The van der Waals surface area contributed by atoms with Gasteiger partial charge >= 0.3 is 12.5 Å². The Balaban J connectivity index is 1.42. The summed E-state index contributed by atoms with van der Waals surface area (Å²) in [6.45, 7) is 2.26. The summed E-state index contributed by atoms with van der Waals surface area (Å²) in [7, 11) is 0. The van der Waals surface area contributed by atoms with Crippen LogP contribution >= 0.6 is 0 Å². The molecule has 1 nitrogen and oxygen atoms in total. The standard InChI is InChI=1S/C27H31F5O/c1-2-3-17-4-5-20-15-21(7-6-19(20)14-17)22-10-13-24(25(28)16-22)18-8-11-23(12-9-18)33-27(31,32)26(29)30/h8-13,16-17,19-21,26H,2-7,14-15H2,1H3. The van der Waals surface area contributed by atoms with Crippen molar-refractivity contribution in [2.24, 2.45) is 17.8 Å². The molecule has 2 aromatic carbocycles. The van der Waals surface area contributed by atoms with E-state index in [1.807, 2.05) is 6.07 Å². The maximum Gasteiger partial charge on any atom is 0.461 e. The molecule has 0 N–H and O–H groups in total. The Morgan fingerprint density at radius 3 is 2.30 bits per heavy atom. The van der Waals surface area contributed by atoms with Gasteiger partial charge < -0.3 is 4.74 Å². The zero-order valence-corrected chi connectivity index (χ0v) is 18.9. The molecule has 0 saturated heterocycles.